The van der Waals surface area contributed by atoms with E-state index in [9.17, 15) is 13.2 Å². The molecule has 2 rings (SSSR count). The molecule has 2 radical (unpaired) electrons. The fraction of sp³-hybridized carbons (Fsp3) is 0.900. The zero-order valence-corrected chi connectivity index (χ0v) is 10.2. The molecule has 2 aliphatic carbocycles. The van der Waals surface area contributed by atoms with E-state index >= 15 is 0 Å². The average Bonchev–Trinajstić information content (AvgIpc) is 2.51. The molecule has 2 bridgehead atoms. The van der Waals surface area contributed by atoms with E-state index in [0.29, 0.717) is 6.42 Å². The normalized spacial score (nSPS) is 42.9. The molecule has 0 spiro atoms. The van der Waals surface area contributed by atoms with Crippen LogP contribution in [-0.4, -0.2) is 20.0 Å². The van der Waals surface area contributed by atoms with Gasteiger partial charge in [-0.1, -0.05) is 13.8 Å². The van der Waals surface area contributed by atoms with Gasteiger partial charge in [0.25, 0.3) is 10.1 Å². The molecule has 0 amide bonds. The second-order valence-electron chi connectivity index (χ2n) is 5.39. The van der Waals surface area contributed by atoms with Crippen molar-refractivity contribution in [2.24, 2.45) is 16.7 Å². The van der Waals surface area contributed by atoms with Crippen LogP contribution in [0.2, 0.25) is 0 Å². The molecule has 6 heteroatoms. The molecule has 90 valence electrons. The lowest BCUT2D eigenvalue weighted by Crippen LogP contribution is -2.40. The number of ketones is 1. The van der Waals surface area contributed by atoms with Crippen molar-refractivity contribution in [3.8, 4) is 0 Å². The van der Waals surface area contributed by atoms with Crippen molar-refractivity contribution in [2.45, 2.75) is 33.1 Å². The van der Waals surface area contributed by atoms with Crippen LogP contribution in [0.15, 0.2) is 0 Å². The molecule has 2 saturated carbocycles. The first kappa shape index (κ1) is 12.0. The summed E-state index contributed by atoms with van der Waals surface area (Å²) >= 11 is 0. The van der Waals surface area contributed by atoms with Gasteiger partial charge >= 0.3 is 0 Å². The Morgan fingerprint density at radius 2 is 2.12 bits per heavy atom. The Bertz CT molecular complexity index is 432. The van der Waals surface area contributed by atoms with Gasteiger partial charge in [-0.15, -0.1) is 4.28 Å². The van der Waals surface area contributed by atoms with Gasteiger partial charge in [-0.3, -0.25) is 4.79 Å². The molecule has 2 aliphatic rings. The summed E-state index contributed by atoms with van der Waals surface area (Å²) in [6.07, 6.45) is 2.06. The number of rotatable bonds is 3. The molecule has 2 fully saturated rings. The summed E-state index contributed by atoms with van der Waals surface area (Å²) in [5, 5.41) is 0. The Hall–Kier alpha value is -0.460. The number of fused-ring (bicyclic) bond motifs is 2. The average molecular weight is 245 g/mol. The van der Waals surface area contributed by atoms with Crippen molar-refractivity contribution in [3.05, 3.63) is 0 Å². The van der Waals surface area contributed by atoms with Gasteiger partial charge in [0.05, 0.1) is 11.6 Å². The standard InChI is InChI=1S/C10H15NO4S/c1-9-4-3-7(5-8(9)12)10(9,2)6-16(13,14)15-11/h7H,3-6H2,1-2H3. The highest BCUT2D eigenvalue weighted by Crippen LogP contribution is 2.64. The van der Waals surface area contributed by atoms with E-state index in [1.165, 1.54) is 0 Å². The number of carbonyl (C=O) groups excluding carboxylic acids is 1. The van der Waals surface area contributed by atoms with Crippen LogP contribution >= 0.6 is 0 Å². The quantitative estimate of drug-likeness (QED) is 0.686. The third-order valence-corrected chi connectivity index (χ3v) is 5.97. The summed E-state index contributed by atoms with van der Waals surface area (Å²) in [5.74, 6) is 8.28. The van der Waals surface area contributed by atoms with E-state index in [2.05, 4.69) is 4.28 Å². The third-order valence-electron chi connectivity index (χ3n) is 4.79. The number of Topliss-reactive ketones (excluding diaryl/α,β-unsaturated/α-hetero) is 1. The molecule has 0 aromatic rings. The van der Waals surface area contributed by atoms with Crippen LogP contribution < -0.4 is 5.90 Å². The Kier molecular flexibility index (Phi) is 2.46. The van der Waals surface area contributed by atoms with E-state index in [-0.39, 0.29) is 17.5 Å². The van der Waals surface area contributed by atoms with E-state index in [1.54, 1.807) is 0 Å². The lowest BCUT2D eigenvalue weighted by molar-refractivity contribution is -0.128. The summed E-state index contributed by atoms with van der Waals surface area (Å²) in [7, 11) is -3.95. The van der Waals surface area contributed by atoms with Crippen LogP contribution in [0.25, 0.3) is 0 Å². The Balaban J connectivity index is 2.37. The van der Waals surface area contributed by atoms with Gasteiger partial charge < -0.3 is 0 Å². The molecule has 0 aromatic carbocycles. The lowest BCUT2D eigenvalue weighted by atomic mass is 9.70. The molecular formula is C10H15NO4S. The van der Waals surface area contributed by atoms with Crippen molar-refractivity contribution in [3.63, 3.8) is 0 Å². The number of carbonyl (C=O) groups is 1. The van der Waals surface area contributed by atoms with Crippen molar-refractivity contribution in [1.29, 1.82) is 0 Å². The van der Waals surface area contributed by atoms with Gasteiger partial charge in [-0.25, -0.2) is 0 Å². The minimum absolute atomic E-state index is 0.0925. The number of hydrogen-bond acceptors (Lipinski definition) is 4. The second-order valence-corrected chi connectivity index (χ2v) is 6.94. The summed E-state index contributed by atoms with van der Waals surface area (Å²) < 4.78 is 26.2. The Labute approximate surface area is 95.4 Å². The van der Waals surface area contributed by atoms with E-state index in [0.717, 1.165) is 12.8 Å². The molecule has 0 aliphatic heterocycles. The van der Waals surface area contributed by atoms with Crippen LogP contribution in [0.3, 0.4) is 0 Å². The van der Waals surface area contributed by atoms with E-state index in [4.69, 9.17) is 5.90 Å². The Morgan fingerprint density at radius 1 is 1.50 bits per heavy atom. The maximum Gasteiger partial charge on any atom is 0.286 e. The fourth-order valence-corrected chi connectivity index (χ4v) is 4.76. The highest BCUT2D eigenvalue weighted by molar-refractivity contribution is 7.86. The van der Waals surface area contributed by atoms with Gasteiger partial charge in [0.15, 0.2) is 0 Å². The van der Waals surface area contributed by atoms with Crippen LogP contribution in [-0.2, 0) is 19.2 Å². The van der Waals surface area contributed by atoms with E-state index in [1.807, 2.05) is 13.8 Å². The summed E-state index contributed by atoms with van der Waals surface area (Å²) in [4.78, 5) is 11.8. The minimum Gasteiger partial charge on any atom is -0.299 e. The van der Waals surface area contributed by atoms with Gasteiger partial charge in [0.1, 0.15) is 5.78 Å². The van der Waals surface area contributed by atoms with Gasteiger partial charge in [0.2, 0.25) is 0 Å². The number of nitrogens with zero attached hydrogens (tertiary/aromatic N) is 1. The topological polar surface area (TPSA) is 82.7 Å². The smallest absolute Gasteiger partial charge is 0.286 e. The minimum atomic E-state index is -3.95. The molecule has 5 nitrogen and oxygen atoms in total. The van der Waals surface area contributed by atoms with E-state index < -0.39 is 20.9 Å². The number of hydrogen-bond donors (Lipinski definition) is 0. The molecular weight excluding hydrogens is 230 g/mol. The summed E-state index contributed by atoms with van der Waals surface area (Å²) in [5.41, 5.74) is -1.19. The fourth-order valence-electron chi connectivity index (χ4n) is 3.42. The van der Waals surface area contributed by atoms with Crippen LogP contribution in [0.4, 0.5) is 0 Å². The zero-order valence-electron chi connectivity index (χ0n) is 9.39. The third kappa shape index (κ3) is 1.36. The lowest BCUT2D eigenvalue weighted by Gasteiger charge is -2.35. The van der Waals surface area contributed by atoms with Gasteiger partial charge in [0, 0.05) is 11.8 Å². The summed E-state index contributed by atoms with van der Waals surface area (Å²) in [6, 6.07) is 0. The zero-order chi connectivity index (χ0) is 12.2. The van der Waals surface area contributed by atoms with Crippen molar-refractivity contribution in [2.75, 3.05) is 5.75 Å². The molecule has 0 N–H and O–H groups in total. The van der Waals surface area contributed by atoms with Crippen LogP contribution in [0, 0.1) is 16.7 Å². The molecule has 0 heterocycles. The van der Waals surface area contributed by atoms with Crippen molar-refractivity contribution < 1.29 is 17.5 Å². The summed E-state index contributed by atoms with van der Waals surface area (Å²) in [6.45, 7) is 3.64. The van der Waals surface area contributed by atoms with Crippen molar-refractivity contribution >= 4 is 15.9 Å². The predicted molar refractivity (Wildman–Crippen MR) is 55.6 cm³/mol. The second kappa shape index (κ2) is 3.27. The molecule has 3 unspecified atom stereocenters. The largest absolute Gasteiger partial charge is 0.299 e. The Morgan fingerprint density at radius 3 is 2.50 bits per heavy atom. The van der Waals surface area contributed by atoms with Crippen LogP contribution in [0.1, 0.15) is 33.1 Å². The van der Waals surface area contributed by atoms with Gasteiger partial charge in [-0.05, 0) is 24.2 Å². The maximum absolute atomic E-state index is 11.8. The first-order chi connectivity index (χ1) is 7.25. The highest BCUT2D eigenvalue weighted by atomic mass is 32.2. The van der Waals surface area contributed by atoms with Crippen molar-refractivity contribution in [1.82, 2.24) is 5.90 Å². The highest BCUT2D eigenvalue weighted by Gasteiger charge is 2.65. The first-order valence-electron chi connectivity index (χ1n) is 5.34. The molecule has 0 saturated heterocycles. The molecule has 3 atom stereocenters. The molecule has 0 aromatic heterocycles. The molecule has 16 heavy (non-hydrogen) atoms. The monoisotopic (exact) mass is 245 g/mol. The first-order valence-corrected chi connectivity index (χ1v) is 6.92. The van der Waals surface area contributed by atoms with Crippen LogP contribution in [0.5, 0.6) is 0 Å². The maximum atomic E-state index is 11.8. The van der Waals surface area contributed by atoms with Gasteiger partial charge in [-0.2, -0.15) is 8.42 Å². The predicted octanol–water partition coefficient (Wildman–Crippen LogP) is 0.712. The SMILES string of the molecule is CC12CCC(CC1=O)C2(C)CS(=O)(=O)O[N].